The molecule has 0 saturated carbocycles. The van der Waals surface area contributed by atoms with E-state index in [2.05, 4.69) is 6.92 Å². The normalized spacial score (nSPS) is 8.15. The first-order valence-electron chi connectivity index (χ1n) is 4.26. The van der Waals surface area contributed by atoms with E-state index in [4.69, 9.17) is 4.74 Å². The molecule has 0 rings (SSSR count). The van der Waals surface area contributed by atoms with Crippen molar-refractivity contribution < 1.29 is 46.0 Å². The summed E-state index contributed by atoms with van der Waals surface area (Å²) >= 11 is 0. The molecule has 0 saturated heterocycles. The summed E-state index contributed by atoms with van der Waals surface area (Å²) in [5.74, 6) is -0.0726. The van der Waals surface area contributed by atoms with Gasteiger partial charge in [-0.25, -0.2) is 0 Å². The van der Waals surface area contributed by atoms with Crippen LogP contribution in [0.5, 0.6) is 0 Å². The van der Waals surface area contributed by atoms with Crippen molar-refractivity contribution >= 4 is 5.97 Å². The van der Waals surface area contributed by atoms with Crippen molar-refractivity contribution in [2.24, 2.45) is 0 Å². The van der Waals surface area contributed by atoms with Gasteiger partial charge >= 0.3 is 5.97 Å². The molecule has 0 aromatic carbocycles. The fraction of sp³-hybridized carbons (Fsp3) is 0.778. The molecule has 0 unspecified atom stereocenters. The van der Waals surface area contributed by atoms with Crippen LogP contribution in [0, 0.1) is 6.92 Å². The molecule has 0 aliphatic heterocycles. The van der Waals surface area contributed by atoms with Crippen LogP contribution >= 0.6 is 0 Å². The van der Waals surface area contributed by atoms with E-state index in [9.17, 15) is 4.79 Å². The Labute approximate surface area is 104 Å². The van der Waals surface area contributed by atoms with Crippen molar-refractivity contribution in [3.8, 4) is 0 Å². The molecule has 0 N–H and O–H groups in total. The van der Waals surface area contributed by atoms with E-state index >= 15 is 0 Å². The fourth-order valence-corrected chi connectivity index (χ4v) is 0.856. The van der Waals surface area contributed by atoms with Gasteiger partial charge in [-0.1, -0.05) is 26.2 Å². The number of rotatable bonds is 6. The van der Waals surface area contributed by atoms with Gasteiger partial charge in [0.15, 0.2) is 0 Å². The van der Waals surface area contributed by atoms with Crippen LogP contribution in [0.15, 0.2) is 0 Å². The largest absolute Gasteiger partial charge is 1.00 e. The zero-order valence-corrected chi connectivity index (χ0v) is 12.9. The summed E-state index contributed by atoms with van der Waals surface area (Å²) in [5, 5.41) is 0. The minimum Gasteiger partial charge on any atom is -1.00 e. The molecule has 0 aliphatic carbocycles. The van der Waals surface area contributed by atoms with Crippen LogP contribution < -0.4 is 17.0 Å². The fourth-order valence-electron chi connectivity index (χ4n) is 0.856. The Kier molecular flexibility index (Phi) is 22.2. The van der Waals surface area contributed by atoms with Crippen molar-refractivity contribution in [3.05, 3.63) is 6.92 Å². The number of ether oxygens (including phenoxy) is 1. The molecule has 0 spiro atoms. The van der Waals surface area contributed by atoms with Gasteiger partial charge in [0.1, 0.15) is 0 Å². The van der Waals surface area contributed by atoms with Crippen molar-refractivity contribution in [1.82, 2.24) is 0 Å². The molecule has 0 amide bonds. The van der Waals surface area contributed by atoms with Crippen molar-refractivity contribution in [1.29, 1.82) is 0 Å². The Morgan fingerprint density at radius 3 is 2.38 bits per heavy atom. The van der Waals surface area contributed by atoms with Crippen molar-refractivity contribution in [2.75, 3.05) is 6.61 Å². The number of carbonyl (C=O) groups excluding carboxylic acids is 1. The van der Waals surface area contributed by atoms with Gasteiger partial charge in [0, 0.05) is 25.9 Å². The summed E-state index contributed by atoms with van der Waals surface area (Å²) in [6.45, 7) is 6.04. The second-order valence-corrected chi connectivity index (χ2v) is 2.47. The summed E-state index contributed by atoms with van der Waals surface area (Å²) in [6.07, 6.45) is 4.66. The first kappa shape index (κ1) is 19.2. The van der Waals surface area contributed by atoms with Crippen LogP contribution in [0.3, 0.4) is 0 Å². The molecule has 13 heavy (non-hydrogen) atoms. The van der Waals surface area contributed by atoms with Gasteiger partial charge in [-0.15, -0.1) is 0 Å². The third-order valence-corrected chi connectivity index (χ3v) is 1.44. The minimum absolute atomic E-state index is 0. The smallest absolute Gasteiger partial charge is 0.305 e. The van der Waals surface area contributed by atoms with E-state index in [-0.39, 0.29) is 42.4 Å². The maximum Gasteiger partial charge on any atom is 0.305 e. The molecule has 1 radical (unpaired) electrons. The standard InChI is InChI=1S/C9H17O2.BrH.Zn/c1-3-5-6-7-8-9(10)11-4-2;;/h1,3-8H2,2H3;1H;/p-1. The third-order valence-electron chi connectivity index (χ3n) is 1.44. The molecule has 0 aromatic heterocycles. The van der Waals surface area contributed by atoms with E-state index in [1.807, 2.05) is 6.92 Å². The molecule has 0 aromatic rings. The first-order valence-corrected chi connectivity index (χ1v) is 4.26. The summed E-state index contributed by atoms with van der Waals surface area (Å²) in [6, 6.07) is 0. The van der Waals surface area contributed by atoms with E-state index < -0.39 is 0 Å². The quantitative estimate of drug-likeness (QED) is 0.370. The van der Waals surface area contributed by atoms with E-state index in [0.717, 1.165) is 25.7 Å². The van der Waals surface area contributed by atoms with Gasteiger partial charge < -0.3 is 21.7 Å². The average Bonchev–Trinajstić information content (AvgIpc) is 1.99. The van der Waals surface area contributed by atoms with Crippen LogP contribution in [0.4, 0.5) is 0 Å². The zero-order chi connectivity index (χ0) is 8.53. The molecule has 0 atom stereocenters. The summed E-state index contributed by atoms with van der Waals surface area (Å²) in [5.41, 5.74) is 0. The van der Waals surface area contributed by atoms with Gasteiger partial charge in [0.25, 0.3) is 0 Å². The number of esters is 1. The third kappa shape index (κ3) is 15.3. The monoisotopic (exact) mass is 300 g/mol. The maximum absolute atomic E-state index is 10.8. The van der Waals surface area contributed by atoms with Crippen molar-refractivity contribution in [3.63, 3.8) is 0 Å². The second-order valence-electron chi connectivity index (χ2n) is 2.47. The predicted octanol–water partition coefficient (Wildman–Crippen LogP) is -0.664. The number of hydrogen-bond donors (Lipinski definition) is 0. The van der Waals surface area contributed by atoms with Gasteiger partial charge in [-0.05, 0) is 13.3 Å². The van der Waals surface area contributed by atoms with Crippen molar-refractivity contribution in [2.45, 2.75) is 39.0 Å². The molecular weight excluding hydrogens is 285 g/mol. The summed E-state index contributed by atoms with van der Waals surface area (Å²) < 4.78 is 4.77. The molecule has 0 heterocycles. The zero-order valence-electron chi connectivity index (χ0n) is 8.35. The summed E-state index contributed by atoms with van der Waals surface area (Å²) in [4.78, 5) is 10.8. The van der Waals surface area contributed by atoms with Crippen LogP contribution in [-0.4, -0.2) is 12.6 Å². The van der Waals surface area contributed by atoms with Crippen LogP contribution in [0.1, 0.15) is 39.0 Å². The molecule has 4 heteroatoms. The molecule has 0 fully saturated rings. The van der Waals surface area contributed by atoms with Crippen LogP contribution in [-0.2, 0) is 29.0 Å². The van der Waals surface area contributed by atoms with Crippen LogP contribution in [0.25, 0.3) is 0 Å². The topological polar surface area (TPSA) is 26.3 Å². The number of unbranched alkanes of at least 4 members (excludes halogenated alkanes) is 3. The molecule has 2 nitrogen and oxygen atoms in total. The van der Waals surface area contributed by atoms with Gasteiger partial charge in [-0.3, -0.25) is 4.79 Å². The molecule has 0 bridgehead atoms. The molecule has 75 valence electrons. The Hall–Kier alpha value is 0.573. The number of halogens is 1. The number of carbonyl (C=O) groups is 1. The van der Waals surface area contributed by atoms with Gasteiger partial charge in [-0.2, -0.15) is 0 Å². The number of hydrogen-bond acceptors (Lipinski definition) is 2. The Balaban J connectivity index is -0.000000500. The Morgan fingerprint density at radius 1 is 1.31 bits per heavy atom. The maximum atomic E-state index is 10.8. The summed E-state index contributed by atoms with van der Waals surface area (Å²) in [7, 11) is 0. The van der Waals surface area contributed by atoms with E-state index in [0.29, 0.717) is 13.0 Å². The molecule has 0 aliphatic rings. The SMILES string of the molecule is [Br-].[CH2]CCCCCC(=O)OCC.[Zn]. The average molecular weight is 303 g/mol. The Morgan fingerprint density at radius 2 is 1.92 bits per heavy atom. The van der Waals surface area contributed by atoms with Gasteiger partial charge in [0.05, 0.1) is 6.61 Å². The van der Waals surface area contributed by atoms with E-state index in [1.165, 1.54) is 0 Å². The minimum atomic E-state index is -0.0726. The first-order chi connectivity index (χ1) is 5.31. The molecular formula is C9H17BrO2Zn-. The van der Waals surface area contributed by atoms with Crippen LogP contribution in [0.2, 0.25) is 0 Å². The second kappa shape index (κ2) is 15.1. The predicted molar refractivity (Wildman–Crippen MR) is 45.1 cm³/mol. The van der Waals surface area contributed by atoms with E-state index in [1.54, 1.807) is 0 Å². The Bertz CT molecular complexity index is 110. The van der Waals surface area contributed by atoms with Gasteiger partial charge in [0.2, 0.25) is 0 Å².